The molecule has 0 bridgehead atoms. The van der Waals surface area contributed by atoms with Crippen LogP contribution >= 0.6 is 11.3 Å². The molecular weight excluding hydrogens is 250 g/mol. The van der Waals surface area contributed by atoms with Gasteiger partial charge in [0.1, 0.15) is 10.7 Å². The van der Waals surface area contributed by atoms with Gasteiger partial charge in [0.15, 0.2) is 0 Å². The van der Waals surface area contributed by atoms with Gasteiger partial charge in [0.05, 0.1) is 6.54 Å². The predicted octanol–water partition coefficient (Wildman–Crippen LogP) is 1.32. The number of amides is 1. The molecule has 6 heteroatoms. The van der Waals surface area contributed by atoms with E-state index in [1.54, 1.807) is 23.5 Å². The molecule has 0 aliphatic heterocycles. The zero-order valence-corrected chi connectivity index (χ0v) is 10.7. The van der Waals surface area contributed by atoms with Gasteiger partial charge in [0.2, 0.25) is 5.56 Å². The third-order valence-corrected chi connectivity index (χ3v) is 3.50. The summed E-state index contributed by atoms with van der Waals surface area (Å²) in [4.78, 5) is 30.7. The smallest absolute Gasteiger partial charge is 0.268 e. The lowest BCUT2D eigenvalue weighted by Gasteiger charge is -2.02. The minimum Gasteiger partial charge on any atom is -0.344 e. The summed E-state index contributed by atoms with van der Waals surface area (Å²) in [5.41, 5.74) is -0.0278. The van der Waals surface area contributed by atoms with Crippen LogP contribution in [-0.4, -0.2) is 15.9 Å². The number of nitrogens with one attached hydrogen (secondary N) is 2. The van der Waals surface area contributed by atoms with Crippen molar-refractivity contribution in [2.45, 2.75) is 19.9 Å². The number of H-pyrrole nitrogens is 1. The SMILES string of the molecule is CCc1cnc(CNC(=O)c2cccc(=O)[nH]2)s1. The van der Waals surface area contributed by atoms with Crippen molar-refractivity contribution in [2.24, 2.45) is 0 Å². The molecule has 0 saturated heterocycles. The van der Waals surface area contributed by atoms with Crippen LogP contribution in [0, 0.1) is 0 Å². The average Bonchev–Trinajstić information content (AvgIpc) is 2.84. The van der Waals surface area contributed by atoms with Crippen LogP contribution in [0.3, 0.4) is 0 Å². The van der Waals surface area contributed by atoms with Crippen LogP contribution in [-0.2, 0) is 13.0 Å². The van der Waals surface area contributed by atoms with Gasteiger partial charge in [-0.25, -0.2) is 4.98 Å². The van der Waals surface area contributed by atoms with Gasteiger partial charge >= 0.3 is 0 Å². The topological polar surface area (TPSA) is 74.8 Å². The molecule has 0 radical (unpaired) electrons. The minimum atomic E-state index is -0.305. The Morgan fingerprint density at radius 1 is 1.50 bits per heavy atom. The van der Waals surface area contributed by atoms with E-state index in [-0.39, 0.29) is 17.2 Å². The van der Waals surface area contributed by atoms with Crippen molar-refractivity contribution in [2.75, 3.05) is 0 Å². The summed E-state index contributed by atoms with van der Waals surface area (Å²) < 4.78 is 0. The van der Waals surface area contributed by atoms with E-state index in [1.165, 1.54) is 10.9 Å². The number of hydrogen-bond donors (Lipinski definition) is 2. The lowest BCUT2D eigenvalue weighted by atomic mass is 10.3. The maximum atomic E-state index is 11.7. The molecule has 0 aliphatic carbocycles. The van der Waals surface area contributed by atoms with E-state index < -0.39 is 0 Å². The minimum absolute atomic E-state index is 0.259. The maximum absolute atomic E-state index is 11.7. The molecule has 5 nitrogen and oxygen atoms in total. The zero-order chi connectivity index (χ0) is 13.0. The Hall–Kier alpha value is -1.95. The molecule has 0 saturated carbocycles. The van der Waals surface area contributed by atoms with Crippen LogP contribution in [0.15, 0.2) is 29.2 Å². The Balaban J connectivity index is 1.98. The number of hydrogen-bond acceptors (Lipinski definition) is 4. The fourth-order valence-corrected chi connectivity index (χ4v) is 2.23. The Bertz CT molecular complexity index is 603. The van der Waals surface area contributed by atoms with E-state index >= 15 is 0 Å². The van der Waals surface area contributed by atoms with Crippen molar-refractivity contribution >= 4 is 17.2 Å². The molecule has 0 aliphatic rings. The van der Waals surface area contributed by atoms with Gasteiger partial charge in [-0.1, -0.05) is 13.0 Å². The highest BCUT2D eigenvalue weighted by atomic mass is 32.1. The van der Waals surface area contributed by atoms with E-state index in [2.05, 4.69) is 22.2 Å². The van der Waals surface area contributed by atoms with Crippen LogP contribution in [0.25, 0.3) is 0 Å². The van der Waals surface area contributed by atoms with Gasteiger partial charge in [-0.05, 0) is 12.5 Å². The molecule has 0 fully saturated rings. The number of pyridine rings is 1. The largest absolute Gasteiger partial charge is 0.344 e. The Kier molecular flexibility index (Phi) is 3.88. The van der Waals surface area contributed by atoms with E-state index in [0.717, 1.165) is 11.4 Å². The standard InChI is InChI=1S/C12H13N3O2S/c1-2-8-6-13-11(18-8)7-14-12(17)9-4-3-5-10(16)15-9/h3-6H,2,7H2,1H3,(H,14,17)(H,15,16). The molecular formula is C12H13N3O2S. The molecule has 2 heterocycles. The highest BCUT2D eigenvalue weighted by Crippen LogP contribution is 2.12. The van der Waals surface area contributed by atoms with Crippen LogP contribution in [0.1, 0.15) is 27.3 Å². The van der Waals surface area contributed by atoms with E-state index in [0.29, 0.717) is 6.54 Å². The highest BCUT2D eigenvalue weighted by molar-refractivity contribution is 7.11. The molecule has 2 aromatic rings. The maximum Gasteiger partial charge on any atom is 0.268 e. The number of thiazole rings is 1. The molecule has 0 atom stereocenters. The lowest BCUT2D eigenvalue weighted by Crippen LogP contribution is -2.25. The molecule has 2 rings (SSSR count). The first-order chi connectivity index (χ1) is 8.69. The molecule has 94 valence electrons. The number of carbonyl (C=O) groups is 1. The van der Waals surface area contributed by atoms with E-state index in [1.807, 2.05) is 6.20 Å². The van der Waals surface area contributed by atoms with Gasteiger partial charge in [0, 0.05) is 17.1 Å². The highest BCUT2D eigenvalue weighted by Gasteiger charge is 2.07. The van der Waals surface area contributed by atoms with Crippen LogP contribution in [0.5, 0.6) is 0 Å². The number of rotatable bonds is 4. The number of nitrogens with zero attached hydrogens (tertiary/aromatic N) is 1. The molecule has 2 N–H and O–H groups in total. The van der Waals surface area contributed by atoms with Crippen LogP contribution in [0.2, 0.25) is 0 Å². The summed E-state index contributed by atoms with van der Waals surface area (Å²) in [5, 5.41) is 3.58. The molecule has 0 spiro atoms. The van der Waals surface area contributed by atoms with Crippen LogP contribution < -0.4 is 10.9 Å². The number of aryl methyl sites for hydroxylation is 1. The number of carbonyl (C=O) groups excluding carboxylic acids is 1. The summed E-state index contributed by atoms with van der Waals surface area (Å²) in [6, 6.07) is 4.48. The normalized spacial score (nSPS) is 10.3. The monoisotopic (exact) mass is 263 g/mol. The second-order valence-corrected chi connectivity index (χ2v) is 4.89. The number of aromatic amines is 1. The van der Waals surface area contributed by atoms with E-state index in [9.17, 15) is 9.59 Å². The predicted molar refractivity (Wildman–Crippen MR) is 69.7 cm³/mol. The fourth-order valence-electron chi connectivity index (χ4n) is 1.42. The zero-order valence-electron chi connectivity index (χ0n) is 9.90. The third-order valence-electron chi connectivity index (χ3n) is 2.36. The molecule has 1 amide bonds. The van der Waals surface area contributed by atoms with Crippen molar-refractivity contribution in [3.63, 3.8) is 0 Å². The Labute approximate surface area is 108 Å². The summed E-state index contributed by atoms with van der Waals surface area (Å²) in [6.45, 7) is 2.44. The molecule has 0 aromatic carbocycles. The molecule has 18 heavy (non-hydrogen) atoms. The van der Waals surface area contributed by atoms with Crippen molar-refractivity contribution < 1.29 is 4.79 Å². The first kappa shape index (κ1) is 12.5. The molecule has 0 unspecified atom stereocenters. The second-order valence-electron chi connectivity index (χ2n) is 3.69. The lowest BCUT2D eigenvalue weighted by molar-refractivity contribution is 0.0945. The summed E-state index contributed by atoms with van der Waals surface area (Å²) >= 11 is 1.58. The van der Waals surface area contributed by atoms with Crippen molar-refractivity contribution in [3.8, 4) is 0 Å². The fraction of sp³-hybridized carbons (Fsp3) is 0.250. The quantitative estimate of drug-likeness (QED) is 0.873. The second kappa shape index (κ2) is 5.59. The Morgan fingerprint density at radius 3 is 3.00 bits per heavy atom. The third kappa shape index (κ3) is 3.04. The van der Waals surface area contributed by atoms with Crippen molar-refractivity contribution in [1.29, 1.82) is 0 Å². The van der Waals surface area contributed by atoms with Gasteiger partial charge in [-0.2, -0.15) is 0 Å². The van der Waals surface area contributed by atoms with Crippen molar-refractivity contribution in [1.82, 2.24) is 15.3 Å². The summed E-state index contributed by atoms with van der Waals surface area (Å²) in [6.07, 6.45) is 2.76. The van der Waals surface area contributed by atoms with Crippen LogP contribution in [0.4, 0.5) is 0 Å². The summed E-state index contributed by atoms with van der Waals surface area (Å²) in [5.74, 6) is -0.305. The van der Waals surface area contributed by atoms with Crippen molar-refractivity contribution in [3.05, 3.63) is 50.3 Å². The first-order valence-electron chi connectivity index (χ1n) is 5.60. The van der Waals surface area contributed by atoms with Gasteiger partial charge in [0.25, 0.3) is 5.91 Å². The first-order valence-corrected chi connectivity index (χ1v) is 6.42. The number of aromatic nitrogens is 2. The average molecular weight is 263 g/mol. The molecule has 2 aromatic heterocycles. The van der Waals surface area contributed by atoms with E-state index in [4.69, 9.17) is 0 Å². The Morgan fingerprint density at radius 2 is 2.33 bits per heavy atom. The summed E-state index contributed by atoms with van der Waals surface area (Å²) in [7, 11) is 0. The van der Waals surface area contributed by atoms with Gasteiger partial charge < -0.3 is 10.3 Å². The van der Waals surface area contributed by atoms with Gasteiger partial charge in [-0.3, -0.25) is 9.59 Å². The van der Waals surface area contributed by atoms with Gasteiger partial charge in [-0.15, -0.1) is 11.3 Å².